The van der Waals surface area contributed by atoms with Gasteiger partial charge in [-0.05, 0) is 49.4 Å². The third kappa shape index (κ3) is 6.12. The lowest BCUT2D eigenvalue weighted by Gasteiger charge is -2.34. The zero-order chi connectivity index (χ0) is 23.5. The zero-order valence-electron chi connectivity index (χ0n) is 16.7. The van der Waals surface area contributed by atoms with Crippen molar-refractivity contribution in [3.05, 3.63) is 64.4 Å². The van der Waals surface area contributed by atoms with E-state index in [-0.39, 0.29) is 18.0 Å². The molecule has 2 aromatic rings. The topological polar surface area (TPSA) is 73.5 Å². The number of rotatable bonds is 5. The fourth-order valence-corrected chi connectivity index (χ4v) is 4.02. The van der Waals surface area contributed by atoms with E-state index in [1.54, 1.807) is 11.4 Å². The molecule has 0 saturated carbocycles. The fourth-order valence-electron chi connectivity index (χ4n) is 3.03. The number of anilines is 1. The van der Waals surface area contributed by atoms with Crippen LogP contribution in [0.4, 0.5) is 23.2 Å². The molecule has 0 spiro atoms. The third-order valence-corrected chi connectivity index (χ3v) is 5.99. The lowest BCUT2D eigenvalue weighted by molar-refractivity contribution is -0.137. The molecule has 1 aliphatic rings. The molecule has 12 heteroatoms. The van der Waals surface area contributed by atoms with Crippen LogP contribution in [0.5, 0.6) is 0 Å². The Balaban J connectivity index is 1.59. The molecule has 3 rings (SSSR count). The monoisotopic (exact) mass is 490 g/mol. The molecule has 0 radical (unpaired) electrons. The summed E-state index contributed by atoms with van der Waals surface area (Å²) in [4.78, 5) is 25.2. The standard InChI is InChI=1S/C20H19ClF4N4O2S/c1-29-17(19(31)27-13-5-6-15(22)14(21)8-13)9-16(28-32-29)18(30)26-10-11-3-2-4-12(7-11)20(23,24)25/h2-8,16-17,28H,9-10H2,1H3,(H,26,30)(H,27,31). The minimum atomic E-state index is -4.47. The third-order valence-electron chi connectivity index (χ3n) is 4.76. The van der Waals surface area contributed by atoms with Gasteiger partial charge in [-0.15, -0.1) is 0 Å². The van der Waals surface area contributed by atoms with Crippen LogP contribution in [-0.2, 0) is 22.3 Å². The van der Waals surface area contributed by atoms with E-state index in [9.17, 15) is 27.2 Å². The molecule has 1 heterocycles. The van der Waals surface area contributed by atoms with E-state index in [2.05, 4.69) is 15.4 Å². The Hall–Kier alpha value is -2.34. The van der Waals surface area contributed by atoms with Gasteiger partial charge in [0.25, 0.3) is 0 Å². The van der Waals surface area contributed by atoms with Crippen LogP contribution < -0.4 is 15.4 Å². The van der Waals surface area contributed by atoms with Gasteiger partial charge in [-0.25, -0.2) is 13.4 Å². The Kier molecular flexibility index (Phi) is 7.65. The molecule has 2 amide bonds. The van der Waals surface area contributed by atoms with Crippen LogP contribution in [0.15, 0.2) is 42.5 Å². The van der Waals surface area contributed by atoms with Crippen molar-refractivity contribution in [2.75, 3.05) is 12.4 Å². The summed E-state index contributed by atoms with van der Waals surface area (Å²) in [5, 5.41) is 5.09. The van der Waals surface area contributed by atoms with Gasteiger partial charge in [-0.3, -0.25) is 9.59 Å². The van der Waals surface area contributed by atoms with Crippen LogP contribution in [0.2, 0.25) is 5.02 Å². The minimum absolute atomic E-state index is 0.0909. The zero-order valence-corrected chi connectivity index (χ0v) is 18.2. The highest BCUT2D eigenvalue weighted by molar-refractivity contribution is 7.95. The van der Waals surface area contributed by atoms with Gasteiger partial charge in [-0.1, -0.05) is 23.7 Å². The van der Waals surface area contributed by atoms with Crippen molar-refractivity contribution in [2.24, 2.45) is 0 Å². The molecule has 1 aliphatic heterocycles. The number of halogens is 5. The molecular formula is C20H19ClF4N4O2S. The van der Waals surface area contributed by atoms with Gasteiger partial charge in [0.05, 0.1) is 16.6 Å². The first-order valence-electron chi connectivity index (χ1n) is 9.39. The number of carbonyl (C=O) groups is 2. The average Bonchev–Trinajstić information content (AvgIpc) is 2.74. The lowest BCUT2D eigenvalue weighted by atomic mass is 10.1. The highest BCUT2D eigenvalue weighted by atomic mass is 35.5. The minimum Gasteiger partial charge on any atom is -0.351 e. The number of nitrogens with zero attached hydrogens (tertiary/aromatic N) is 1. The van der Waals surface area contributed by atoms with Crippen LogP contribution in [0.25, 0.3) is 0 Å². The predicted octanol–water partition coefficient (Wildman–Crippen LogP) is 3.98. The summed E-state index contributed by atoms with van der Waals surface area (Å²) in [6, 6.07) is 7.01. The Bertz CT molecular complexity index is 1010. The molecule has 3 N–H and O–H groups in total. The first-order chi connectivity index (χ1) is 15.0. The van der Waals surface area contributed by atoms with E-state index in [4.69, 9.17) is 11.6 Å². The summed E-state index contributed by atoms with van der Waals surface area (Å²) in [6.45, 7) is -0.0909. The van der Waals surface area contributed by atoms with E-state index in [1.165, 1.54) is 24.3 Å². The Labute approximate surface area is 190 Å². The number of nitrogens with one attached hydrogen (secondary N) is 3. The maximum absolute atomic E-state index is 13.3. The first-order valence-corrected chi connectivity index (χ1v) is 10.5. The molecule has 0 aliphatic carbocycles. The largest absolute Gasteiger partial charge is 0.416 e. The fraction of sp³-hybridized carbons (Fsp3) is 0.300. The van der Waals surface area contributed by atoms with Gasteiger partial charge >= 0.3 is 6.18 Å². The Morgan fingerprint density at radius 1 is 1.22 bits per heavy atom. The summed E-state index contributed by atoms with van der Waals surface area (Å²) >= 11 is 6.79. The van der Waals surface area contributed by atoms with Gasteiger partial charge in [0, 0.05) is 24.4 Å². The van der Waals surface area contributed by atoms with Gasteiger partial charge in [0.2, 0.25) is 11.8 Å². The van der Waals surface area contributed by atoms with Crippen molar-refractivity contribution in [2.45, 2.75) is 31.2 Å². The van der Waals surface area contributed by atoms with E-state index < -0.39 is 41.5 Å². The molecule has 32 heavy (non-hydrogen) atoms. The predicted molar refractivity (Wildman–Crippen MR) is 114 cm³/mol. The van der Waals surface area contributed by atoms with E-state index in [0.29, 0.717) is 11.3 Å². The second-order valence-electron chi connectivity index (χ2n) is 7.09. The van der Waals surface area contributed by atoms with Gasteiger partial charge in [0.15, 0.2) is 0 Å². The van der Waals surface area contributed by atoms with Crippen molar-refractivity contribution in [1.29, 1.82) is 0 Å². The number of amides is 2. The van der Waals surface area contributed by atoms with Crippen molar-refractivity contribution >= 4 is 41.2 Å². The van der Waals surface area contributed by atoms with Crippen molar-refractivity contribution in [3.63, 3.8) is 0 Å². The highest BCUT2D eigenvalue weighted by Crippen LogP contribution is 2.29. The summed E-state index contributed by atoms with van der Waals surface area (Å²) in [5.41, 5.74) is -0.185. The summed E-state index contributed by atoms with van der Waals surface area (Å²) in [7, 11) is 1.66. The molecule has 2 unspecified atom stereocenters. The maximum atomic E-state index is 13.3. The Morgan fingerprint density at radius 3 is 2.66 bits per heavy atom. The number of likely N-dealkylation sites (N-methyl/N-ethyl adjacent to an activating group) is 1. The van der Waals surface area contributed by atoms with Crippen molar-refractivity contribution in [3.8, 4) is 0 Å². The van der Waals surface area contributed by atoms with Crippen LogP contribution in [-0.4, -0.2) is 35.3 Å². The molecule has 1 fully saturated rings. The smallest absolute Gasteiger partial charge is 0.351 e. The molecule has 172 valence electrons. The van der Waals surface area contributed by atoms with E-state index in [1.807, 2.05) is 0 Å². The number of hydrogen-bond acceptors (Lipinski definition) is 5. The highest BCUT2D eigenvalue weighted by Gasteiger charge is 2.35. The SMILES string of the molecule is CN1SNC(C(=O)NCc2cccc(C(F)(F)F)c2)CC1C(=O)Nc1ccc(F)c(Cl)c1. The maximum Gasteiger partial charge on any atom is 0.416 e. The second-order valence-corrected chi connectivity index (χ2v) is 8.49. The van der Waals surface area contributed by atoms with Crippen molar-refractivity contribution < 1.29 is 27.2 Å². The summed E-state index contributed by atoms with van der Waals surface area (Å²) in [5.74, 6) is -1.48. The van der Waals surface area contributed by atoms with E-state index in [0.717, 1.165) is 30.3 Å². The molecular weight excluding hydrogens is 472 g/mol. The number of benzene rings is 2. The molecule has 0 bridgehead atoms. The molecule has 2 atom stereocenters. The molecule has 2 aromatic carbocycles. The quantitative estimate of drug-likeness (QED) is 0.437. The lowest BCUT2D eigenvalue weighted by Crippen LogP contribution is -2.53. The number of carbonyl (C=O) groups excluding carboxylic acids is 2. The Morgan fingerprint density at radius 2 is 1.97 bits per heavy atom. The summed E-state index contributed by atoms with van der Waals surface area (Å²) < 4.78 is 56.4. The van der Waals surface area contributed by atoms with Crippen LogP contribution in [0, 0.1) is 5.82 Å². The van der Waals surface area contributed by atoms with Crippen LogP contribution in [0.3, 0.4) is 0 Å². The molecule has 1 saturated heterocycles. The average molecular weight is 491 g/mol. The van der Waals surface area contributed by atoms with Crippen LogP contribution in [0.1, 0.15) is 17.5 Å². The van der Waals surface area contributed by atoms with Crippen LogP contribution >= 0.6 is 23.7 Å². The number of alkyl halides is 3. The molecule has 6 nitrogen and oxygen atoms in total. The van der Waals surface area contributed by atoms with Gasteiger partial charge in [0.1, 0.15) is 11.9 Å². The van der Waals surface area contributed by atoms with Crippen molar-refractivity contribution in [1.82, 2.24) is 14.3 Å². The first kappa shape index (κ1) is 24.3. The summed E-state index contributed by atoms with van der Waals surface area (Å²) in [6.07, 6.45) is -4.36. The normalized spacial score (nSPS) is 19.4. The van der Waals surface area contributed by atoms with Gasteiger partial charge in [-0.2, -0.15) is 13.2 Å². The molecule has 0 aromatic heterocycles. The second kappa shape index (κ2) is 10.1. The van der Waals surface area contributed by atoms with E-state index >= 15 is 0 Å². The number of hydrogen-bond donors (Lipinski definition) is 3. The van der Waals surface area contributed by atoms with Gasteiger partial charge < -0.3 is 10.6 Å².